The third-order valence-corrected chi connectivity index (χ3v) is 12.4. The molecule has 4 amide bonds. The van der Waals surface area contributed by atoms with Gasteiger partial charge in [0.2, 0.25) is 29.6 Å². The van der Waals surface area contributed by atoms with E-state index in [4.69, 9.17) is 4.74 Å². The molecule has 4 saturated heterocycles. The number of imide groups is 1. The summed E-state index contributed by atoms with van der Waals surface area (Å²) < 4.78 is 36.7. The number of rotatable bonds is 10. The largest absolute Gasteiger partial charge is 0.375 e. The van der Waals surface area contributed by atoms with Crippen LogP contribution in [-0.2, 0) is 23.9 Å². The number of carbonyl (C=O) groups excluding carboxylic acids is 4. The summed E-state index contributed by atoms with van der Waals surface area (Å²) in [6.45, 7) is 3.33. The number of nitrogens with one attached hydrogen (secondary N) is 3. The Hall–Kier alpha value is -5.18. The highest BCUT2D eigenvalue weighted by Gasteiger charge is 2.34. The second-order valence-electron chi connectivity index (χ2n) is 16.3. The molecule has 1 aromatic heterocycles. The zero-order valence-corrected chi connectivity index (χ0v) is 32.8. The van der Waals surface area contributed by atoms with Crippen molar-refractivity contribution in [2.75, 3.05) is 53.2 Å². The van der Waals surface area contributed by atoms with E-state index < -0.39 is 17.8 Å². The van der Waals surface area contributed by atoms with Gasteiger partial charge in [0.1, 0.15) is 17.6 Å². The minimum atomic E-state index is -0.569. The van der Waals surface area contributed by atoms with E-state index in [1.165, 1.54) is 12.3 Å². The van der Waals surface area contributed by atoms with Gasteiger partial charge in [-0.15, -0.1) is 0 Å². The summed E-state index contributed by atoms with van der Waals surface area (Å²) in [4.78, 5) is 64.1. The number of benzene rings is 2. The third kappa shape index (κ3) is 9.24. The van der Waals surface area contributed by atoms with Gasteiger partial charge in [-0.2, -0.15) is 0 Å². The van der Waals surface area contributed by atoms with E-state index in [-0.39, 0.29) is 59.8 Å². The maximum absolute atomic E-state index is 15.2. The van der Waals surface area contributed by atoms with E-state index in [0.717, 1.165) is 69.9 Å². The van der Waals surface area contributed by atoms with E-state index in [1.54, 1.807) is 23.1 Å². The molecule has 5 aliphatic rings. The maximum Gasteiger partial charge on any atom is 0.249 e. The molecule has 5 heterocycles. The molecule has 4 aliphatic heterocycles. The summed E-state index contributed by atoms with van der Waals surface area (Å²) in [5, 5.41) is 8.73. The molecule has 5 fully saturated rings. The van der Waals surface area contributed by atoms with Crippen LogP contribution >= 0.6 is 0 Å². The monoisotopic (exact) mass is 798 g/mol. The first-order valence-electron chi connectivity index (χ1n) is 21.0. The van der Waals surface area contributed by atoms with Gasteiger partial charge in [0.15, 0.2) is 5.82 Å². The molecule has 1 atom stereocenters. The SMILES string of the molecule is O=C1CCC(Nc2ccc(N3CCC(OC4CCN(C(=O)C5CCC(Nc6ncc(F)c(-c7cccc(N8CCCCC8=O)c7)n6)CC5)CC4)CC3)c(F)c2)C(=O)N1. The average molecular weight is 799 g/mol. The molecule has 0 bridgehead atoms. The van der Waals surface area contributed by atoms with Crippen molar-refractivity contribution in [3.05, 3.63) is 60.3 Å². The molecule has 1 unspecified atom stereocenters. The van der Waals surface area contributed by atoms with E-state index >= 15 is 4.39 Å². The molecule has 0 radical (unpaired) electrons. The number of hydrogen-bond donors (Lipinski definition) is 3. The second-order valence-corrected chi connectivity index (χ2v) is 16.3. The Morgan fingerprint density at radius 3 is 2.28 bits per heavy atom. The van der Waals surface area contributed by atoms with Crippen LogP contribution in [0.1, 0.15) is 83.5 Å². The summed E-state index contributed by atoms with van der Waals surface area (Å²) in [6, 6.07) is 11.7. The van der Waals surface area contributed by atoms with E-state index in [9.17, 15) is 23.6 Å². The van der Waals surface area contributed by atoms with Gasteiger partial charge >= 0.3 is 0 Å². The van der Waals surface area contributed by atoms with Crippen LogP contribution in [0.25, 0.3) is 11.3 Å². The topological polar surface area (TPSA) is 149 Å². The standard InChI is InChI=1S/C43H52F2N8O5/c44-34-25-30(47-36-12-14-38(54)49-41(36)56)11-13-37(34)51-20-15-32(16-21-51)58-33-17-22-52(23-18-33)42(57)27-7-9-29(10-8-27)48-43-46-26-35(45)40(50-43)28-4-3-5-31(24-28)53-19-2-1-6-39(53)55/h3-5,11,13,24-27,29,32-33,36,47H,1-2,6-10,12,14-23H2,(H,46,48,50)(H,49,54,56). The Labute approximate surface area is 337 Å². The molecular weight excluding hydrogens is 747 g/mol. The lowest BCUT2D eigenvalue weighted by Gasteiger charge is -2.39. The van der Waals surface area contributed by atoms with E-state index in [0.29, 0.717) is 68.5 Å². The number of anilines is 4. The molecule has 58 heavy (non-hydrogen) atoms. The number of aromatic nitrogens is 2. The summed E-state index contributed by atoms with van der Waals surface area (Å²) in [5.74, 6) is -0.973. The summed E-state index contributed by atoms with van der Waals surface area (Å²) >= 11 is 0. The van der Waals surface area contributed by atoms with Crippen molar-refractivity contribution in [2.24, 2.45) is 5.92 Å². The third-order valence-electron chi connectivity index (χ3n) is 12.4. The lowest BCUT2D eigenvalue weighted by molar-refractivity contribution is -0.140. The summed E-state index contributed by atoms with van der Waals surface area (Å²) in [5.41, 5.74) is 2.54. The van der Waals surface area contributed by atoms with Gasteiger partial charge in [-0.05, 0) is 101 Å². The van der Waals surface area contributed by atoms with Gasteiger partial charge < -0.3 is 30.1 Å². The first-order valence-corrected chi connectivity index (χ1v) is 21.0. The molecule has 13 nitrogen and oxygen atoms in total. The van der Waals surface area contributed by atoms with Crippen molar-refractivity contribution >= 4 is 46.6 Å². The van der Waals surface area contributed by atoms with Crippen molar-refractivity contribution in [1.82, 2.24) is 20.2 Å². The fourth-order valence-electron chi connectivity index (χ4n) is 9.07. The van der Waals surface area contributed by atoms with Crippen LogP contribution in [0.2, 0.25) is 0 Å². The molecule has 2 aromatic carbocycles. The molecule has 8 rings (SSSR count). The number of halogens is 2. The highest BCUT2D eigenvalue weighted by molar-refractivity contribution is 6.01. The number of hydrogen-bond acceptors (Lipinski definition) is 10. The first kappa shape index (κ1) is 39.6. The van der Waals surface area contributed by atoms with Gasteiger partial charge in [0, 0.05) is 74.5 Å². The minimum Gasteiger partial charge on any atom is -0.375 e. The molecule has 15 heteroatoms. The number of nitrogens with zero attached hydrogens (tertiary/aromatic N) is 5. The predicted octanol–water partition coefficient (Wildman–Crippen LogP) is 5.80. The number of ether oxygens (including phenoxy) is 1. The summed E-state index contributed by atoms with van der Waals surface area (Å²) in [6.07, 6.45) is 10.6. The molecular formula is C43H52F2N8O5. The first-order chi connectivity index (χ1) is 28.2. The van der Waals surface area contributed by atoms with Crippen LogP contribution < -0.4 is 25.8 Å². The molecule has 308 valence electrons. The fourth-order valence-corrected chi connectivity index (χ4v) is 9.07. The van der Waals surface area contributed by atoms with Crippen LogP contribution in [0.15, 0.2) is 48.7 Å². The Morgan fingerprint density at radius 2 is 1.55 bits per heavy atom. The van der Waals surface area contributed by atoms with Crippen LogP contribution in [0.4, 0.5) is 31.8 Å². The number of likely N-dealkylation sites (tertiary alicyclic amines) is 1. The van der Waals surface area contributed by atoms with E-state index in [1.807, 2.05) is 28.0 Å². The van der Waals surface area contributed by atoms with Crippen LogP contribution in [-0.4, -0.2) is 95.5 Å². The van der Waals surface area contributed by atoms with Crippen molar-refractivity contribution in [2.45, 2.75) is 108 Å². The Bertz CT molecular complexity index is 1990. The average Bonchev–Trinajstić information content (AvgIpc) is 3.23. The van der Waals surface area contributed by atoms with Crippen LogP contribution in [0, 0.1) is 17.6 Å². The zero-order chi connectivity index (χ0) is 40.2. The zero-order valence-electron chi connectivity index (χ0n) is 32.8. The normalized spacial score (nSPS) is 23.8. The predicted molar refractivity (Wildman–Crippen MR) is 215 cm³/mol. The van der Waals surface area contributed by atoms with Crippen molar-refractivity contribution < 1.29 is 32.7 Å². The number of amides is 4. The van der Waals surface area contributed by atoms with Gasteiger partial charge in [0.05, 0.1) is 24.1 Å². The maximum atomic E-state index is 15.2. The van der Waals surface area contributed by atoms with Crippen LogP contribution in [0.5, 0.6) is 0 Å². The Balaban J connectivity index is 0.755. The Kier molecular flexibility index (Phi) is 12.1. The molecule has 3 N–H and O–H groups in total. The minimum absolute atomic E-state index is 0.0348. The quantitative estimate of drug-likeness (QED) is 0.215. The van der Waals surface area contributed by atoms with Gasteiger partial charge in [-0.3, -0.25) is 24.5 Å². The van der Waals surface area contributed by atoms with E-state index in [2.05, 4.69) is 25.9 Å². The molecule has 1 saturated carbocycles. The van der Waals surface area contributed by atoms with Crippen molar-refractivity contribution in [3.8, 4) is 11.3 Å². The van der Waals surface area contributed by atoms with Crippen molar-refractivity contribution in [1.29, 1.82) is 0 Å². The highest BCUT2D eigenvalue weighted by Crippen LogP contribution is 2.33. The van der Waals surface area contributed by atoms with Gasteiger partial charge in [0.25, 0.3) is 0 Å². The smallest absolute Gasteiger partial charge is 0.249 e. The number of piperidine rings is 4. The second kappa shape index (κ2) is 17.8. The number of carbonyl (C=O) groups is 4. The van der Waals surface area contributed by atoms with Crippen molar-refractivity contribution in [3.63, 3.8) is 0 Å². The Morgan fingerprint density at radius 1 is 0.793 bits per heavy atom. The van der Waals surface area contributed by atoms with Crippen LogP contribution in [0.3, 0.4) is 0 Å². The molecule has 0 spiro atoms. The highest BCUT2D eigenvalue weighted by atomic mass is 19.1. The lowest BCUT2D eigenvalue weighted by Crippen LogP contribution is -2.47. The molecule has 1 aliphatic carbocycles. The van der Waals surface area contributed by atoms with Gasteiger partial charge in [-0.25, -0.2) is 18.7 Å². The molecule has 3 aromatic rings. The fraction of sp³-hybridized carbons (Fsp3) is 0.535. The lowest BCUT2D eigenvalue weighted by atomic mass is 9.85. The van der Waals surface area contributed by atoms with Gasteiger partial charge in [-0.1, -0.05) is 12.1 Å². The summed E-state index contributed by atoms with van der Waals surface area (Å²) in [7, 11) is 0.